The van der Waals surface area contributed by atoms with Crippen LogP contribution < -0.4 is 0 Å². The Kier molecular flexibility index (Phi) is 5.20. The molecule has 0 bridgehead atoms. The van der Waals surface area contributed by atoms with Gasteiger partial charge in [0.1, 0.15) is 0 Å². The number of carbonyl (C=O) groups is 1. The molecule has 5 nitrogen and oxygen atoms in total. The van der Waals surface area contributed by atoms with Crippen LogP contribution in [0, 0.1) is 45.3 Å². The number of fused-ring (bicyclic) bond motifs is 7. The lowest BCUT2D eigenvalue weighted by Crippen LogP contribution is -2.62. The molecule has 0 spiro atoms. The molecule has 0 aliphatic heterocycles. The molecule has 0 aromatic rings. The van der Waals surface area contributed by atoms with Gasteiger partial charge in [-0.1, -0.05) is 46.3 Å². The zero-order valence-electron chi connectivity index (χ0n) is 22.4. The highest BCUT2D eigenvalue weighted by molar-refractivity contribution is 5.78. The van der Waals surface area contributed by atoms with Crippen molar-refractivity contribution < 1.29 is 24.9 Å². The summed E-state index contributed by atoms with van der Waals surface area (Å²) in [5, 5.41) is 32.6. The van der Waals surface area contributed by atoms with Crippen molar-refractivity contribution in [3.63, 3.8) is 0 Å². The van der Waals surface area contributed by atoms with Gasteiger partial charge >= 0.3 is 5.97 Å². The molecule has 3 N–H and O–H groups in total. The maximum absolute atomic E-state index is 13.3. The van der Waals surface area contributed by atoms with E-state index in [2.05, 4.69) is 40.7 Å². The number of allylic oxidation sites excluding steroid dienone is 6. The second kappa shape index (κ2) is 7.43. The molecule has 35 heavy (non-hydrogen) atoms. The van der Waals surface area contributed by atoms with Crippen molar-refractivity contribution in [2.45, 2.75) is 80.1 Å². The van der Waals surface area contributed by atoms with Crippen molar-refractivity contribution in [3.8, 4) is 0 Å². The Morgan fingerprint density at radius 1 is 1.09 bits per heavy atom. The maximum Gasteiger partial charge on any atom is 0.312 e. The summed E-state index contributed by atoms with van der Waals surface area (Å²) < 4.78 is 5.44. The van der Waals surface area contributed by atoms with Crippen LogP contribution >= 0.6 is 0 Å². The average molecular weight is 483 g/mol. The van der Waals surface area contributed by atoms with Crippen molar-refractivity contribution in [1.29, 1.82) is 0 Å². The van der Waals surface area contributed by atoms with E-state index in [-0.39, 0.29) is 40.2 Å². The van der Waals surface area contributed by atoms with E-state index in [1.165, 1.54) is 12.7 Å². The summed E-state index contributed by atoms with van der Waals surface area (Å²) in [7, 11) is 1.52. The third kappa shape index (κ3) is 2.79. The molecule has 0 saturated heterocycles. The van der Waals surface area contributed by atoms with E-state index in [0.717, 1.165) is 37.7 Å². The molecule has 0 heterocycles. The van der Waals surface area contributed by atoms with Gasteiger partial charge in [0.25, 0.3) is 0 Å². The minimum absolute atomic E-state index is 0.0616. The summed E-state index contributed by atoms with van der Waals surface area (Å²) in [6.07, 6.45) is 9.08. The number of ether oxygens (including phenoxy) is 1. The molecule has 2 saturated carbocycles. The number of hydrogen-bond donors (Lipinski definition) is 3. The first kappa shape index (κ1) is 24.5. The van der Waals surface area contributed by atoms with Gasteiger partial charge in [-0.25, -0.2) is 0 Å². The number of methoxy groups -OCH3 is 1. The molecule has 0 unspecified atom stereocenters. The summed E-state index contributed by atoms with van der Waals surface area (Å²) in [6.45, 7) is 13.2. The van der Waals surface area contributed by atoms with Crippen LogP contribution in [0.25, 0.3) is 0 Å². The number of aliphatic hydroxyl groups excluding tert-OH is 3. The van der Waals surface area contributed by atoms with Crippen LogP contribution in [0.3, 0.4) is 0 Å². The molecule has 8 atom stereocenters. The minimum Gasteiger partial charge on any atom is -0.512 e. The first-order valence-corrected chi connectivity index (χ1v) is 13.3. The summed E-state index contributed by atoms with van der Waals surface area (Å²) in [4.78, 5) is 13.3. The molecular formula is C30H42O5. The Bertz CT molecular complexity index is 1110. The summed E-state index contributed by atoms with van der Waals surface area (Å²) >= 11 is 0. The summed E-state index contributed by atoms with van der Waals surface area (Å²) in [6, 6.07) is 0. The highest BCUT2D eigenvalue weighted by Gasteiger charge is 2.68. The molecular weight excluding hydrogens is 440 g/mol. The minimum atomic E-state index is -0.592. The molecule has 2 fully saturated rings. The van der Waals surface area contributed by atoms with Gasteiger partial charge in [-0.3, -0.25) is 4.79 Å². The fourth-order valence-electron chi connectivity index (χ4n) is 9.55. The molecule has 192 valence electrons. The molecule has 5 heteroatoms. The van der Waals surface area contributed by atoms with E-state index in [0.29, 0.717) is 29.6 Å². The maximum atomic E-state index is 13.3. The zero-order valence-corrected chi connectivity index (χ0v) is 22.4. The van der Waals surface area contributed by atoms with Gasteiger partial charge < -0.3 is 20.1 Å². The van der Waals surface area contributed by atoms with Crippen LogP contribution in [0.1, 0.15) is 80.1 Å². The van der Waals surface area contributed by atoms with E-state index in [9.17, 15) is 20.1 Å². The van der Waals surface area contributed by atoms with Gasteiger partial charge in [0.05, 0.1) is 18.3 Å². The second-order valence-corrected chi connectivity index (χ2v) is 13.0. The first-order valence-electron chi connectivity index (χ1n) is 13.3. The van der Waals surface area contributed by atoms with Crippen LogP contribution in [0.5, 0.6) is 0 Å². The standard InChI is InChI=1S/C30H42O5/c1-16-10-11-30(26(34)35-7)13-12-28(5)19(23(30)17(16)2)8-9-22-27(4)14-21(32)25(33)18(3)24(27)20(31)15-29(22,28)6/h8,14,16-17,22-23,31-33H,9-13,15H2,1-7H3/t16-,17+,22-,23-,27-,28-,29-,30+/m1/s1. The second-order valence-electron chi connectivity index (χ2n) is 13.0. The van der Waals surface area contributed by atoms with E-state index < -0.39 is 10.8 Å². The number of esters is 1. The lowest BCUT2D eigenvalue weighted by molar-refractivity contribution is -0.171. The van der Waals surface area contributed by atoms with Crippen molar-refractivity contribution in [1.82, 2.24) is 0 Å². The molecule has 5 aliphatic carbocycles. The normalized spacial score (nSPS) is 47.1. The Balaban J connectivity index is 1.69. The van der Waals surface area contributed by atoms with Gasteiger partial charge in [-0.05, 0) is 79.6 Å². The monoisotopic (exact) mass is 482 g/mol. The van der Waals surface area contributed by atoms with Crippen LogP contribution in [0.2, 0.25) is 0 Å². The number of hydrogen-bond acceptors (Lipinski definition) is 5. The van der Waals surface area contributed by atoms with Crippen LogP contribution in [0.4, 0.5) is 0 Å². The first-order chi connectivity index (χ1) is 16.3. The molecule has 5 aliphatic rings. The highest BCUT2D eigenvalue weighted by Crippen LogP contribution is 2.74. The van der Waals surface area contributed by atoms with Crippen molar-refractivity contribution >= 4 is 5.97 Å². The Morgan fingerprint density at radius 2 is 1.77 bits per heavy atom. The van der Waals surface area contributed by atoms with Gasteiger partial charge in [-0.15, -0.1) is 0 Å². The molecule has 0 amide bonds. The summed E-state index contributed by atoms with van der Waals surface area (Å²) in [5.74, 6) is 1.19. The van der Waals surface area contributed by atoms with Crippen molar-refractivity contribution in [3.05, 3.63) is 46.1 Å². The fourth-order valence-corrected chi connectivity index (χ4v) is 9.55. The topological polar surface area (TPSA) is 87.0 Å². The smallest absolute Gasteiger partial charge is 0.312 e. The molecule has 0 radical (unpaired) electrons. The predicted molar refractivity (Wildman–Crippen MR) is 136 cm³/mol. The van der Waals surface area contributed by atoms with Gasteiger partial charge in [0.2, 0.25) is 0 Å². The molecule has 5 rings (SSSR count). The zero-order chi connectivity index (χ0) is 25.7. The molecule has 0 aromatic heterocycles. The van der Waals surface area contributed by atoms with E-state index in [1.54, 1.807) is 13.0 Å². The lowest BCUT2D eigenvalue weighted by atomic mass is 9.36. The van der Waals surface area contributed by atoms with E-state index >= 15 is 0 Å². The SMILES string of the molecule is COC(=O)[C@]12CC[C@@H](C)[C@H](C)[C@@H]1C1=CC[C@@H]3[C@@]4(C)C=C(O)C(O)=C(C)C4=C(O)C[C@@]3(C)[C@]1(C)CC2. The van der Waals surface area contributed by atoms with Gasteiger partial charge in [-0.2, -0.15) is 0 Å². The number of carbonyl (C=O) groups excluding carboxylic acids is 1. The predicted octanol–water partition coefficient (Wildman–Crippen LogP) is 7.09. The highest BCUT2D eigenvalue weighted by atomic mass is 16.5. The van der Waals surface area contributed by atoms with Crippen molar-refractivity contribution in [2.75, 3.05) is 7.11 Å². The Labute approximate surface area is 209 Å². The van der Waals surface area contributed by atoms with Crippen LogP contribution in [0.15, 0.2) is 46.1 Å². The van der Waals surface area contributed by atoms with Gasteiger partial charge in [0, 0.05) is 23.0 Å². The fraction of sp³-hybridized carbons (Fsp3) is 0.700. The quantitative estimate of drug-likeness (QED) is 0.274. The van der Waals surface area contributed by atoms with E-state index in [4.69, 9.17) is 4.74 Å². The summed E-state index contributed by atoms with van der Waals surface area (Å²) in [5.41, 5.74) is 1.17. The van der Waals surface area contributed by atoms with Gasteiger partial charge in [0.15, 0.2) is 11.5 Å². The lowest BCUT2D eigenvalue weighted by Gasteiger charge is -2.67. The number of rotatable bonds is 1. The largest absolute Gasteiger partial charge is 0.512 e. The van der Waals surface area contributed by atoms with Crippen LogP contribution in [-0.4, -0.2) is 28.4 Å². The Morgan fingerprint density at radius 3 is 2.43 bits per heavy atom. The van der Waals surface area contributed by atoms with Crippen LogP contribution in [-0.2, 0) is 9.53 Å². The number of aliphatic hydroxyl groups is 3. The Hall–Kier alpha value is -2.17. The third-order valence-corrected chi connectivity index (χ3v) is 11.8. The van der Waals surface area contributed by atoms with Crippen molar-refractivity contribution in [2.24, 2.45) is 45.3 Å². The van der Waals surface area contributed by atoms with E-state index in [1.807, 2.05) is 0 Å². The third-order valence-electron chi connectivity index (χ3n) is 11.8. The molecule has 0 aromatic carbocycles. The average Bonchev–Trinajstić information content (AvgIpc) is 2.79.